The van der Waals surface area contributed by atoms with Gasteiger partial charge in [-0.1, -0.05) is 0 Å². The number of rotatable bonds is 6. The Labute approximate surface area is 120 Å². The Morgan fingerprint density at radius 3 is 1.25 bits per heavy atom. The van der Waals surface area contributed by atoms with Crippen LogP contribution in [0.4, 0.5) is 61.9 Å². The maximum absolute atomic E-state index is 12.7. The van der Waals surface area contributed by atoms with E-state index in [1.807, 2.05) is 4.74 Å². The van der Waals surface area contributed by atoms with Crippen molar-refractivity contribution in [1.29, 1.82) is 0 Å². The summed E-state index contributed by atoms with van der Waals surface area (Å²) in [6.07, 6.45) is -32.4. The monoisotopic (exact) mass is 396 g/mol. The first-order valence-corrected chi connectivity index (χ1v) is 4.70. The predicted octanol–water partition coefficient (Wildman–Crippen LogP) is 4.31. The van der Waals surface area contributed by atoms with E-state index in [2.05, 4.69) is 0 Å². The average Bonchev–Trinajstić information content (AvgIpc) is 2.22. The molecule has 0 aliphatic heterocycles. The van der Waals surface area contributed by atoms with E-state index in [9.17, 15) is 61.9 Å². The number of carbonyl (C=O) groups is 1. The molecule has 0 aliphatic carbocycles. The van der Waals surface area contributed by atoms with Crippen molar-refractivity contribution in [3.8, 4) is 0 Å². The van der Waals surface area contributed by atoms with Crippen LogP contribution in [-0.4, -0.2) is 47.6 Å². The summed E-state index contributed by atoms with van der Waals surface area (Å²) in [5, 5.41) is 7.61. The van der Waals surface area contributed by atoms with E-state index < -0.39 is 42.5 Å². The van der Waals surface area contributed by atoms with Crippen LogP contribution >= 0.6 is 0 Å². The Hall–Kier alpha value is -1.68. The second-order valence-corrected chi connectivity index (χ2v) is 3.67. The minimum atomic E-state index is -7.50. The summed E-state index contributed by atoms with van der Waals surface area (Å²) in [7, 11) is 0. The van der Waals surface area contributed by atoms with Crippen LogP contribution in [0.15, 0.2) is 0 Å². The van der Waals surface area contributed by atoms with Gasteiger partial charge in [0, 0.05) is 0 Å². The lowest BCUT2D eigenvalue weighted by molar-refractivity contribution is -0.519. The van der Waals surface area contributed by atoms with E-state index >= 15 is 0 Å². The van der Waals surface area contributed by atoms with E-state index in [1.165, 1.54) is 4.74 Å². The van der Waals surface area contributed by atoms with Crippen molar-refractivity contribution in [2.75, 3.05) is 0 Å². The van der Waals surface area contributed by atoms with Gasteiger partial charge in [0.1, 0.15) is 0 Å². The van der Waals surface area contributed by atoms with E-state index in [-0.39, 0.29) is 0 Å². The molecule has 0 unspecified atom stereocenters. The van der Waals surface area contributed by atoms with Gasteiger partial charge >= 0.3 is 42.5 Å². The molecule has 0 heterocycles. The van der Waals surface area contributed by atoms with Crippen LogP contribution in [0.2, 0.25) is 0 Å². The van der Waals surface area contributed by atoms with Gasteiger partial charge in [0.15, 0.2) is 0 Å². The van der Waals surface area contributed by atoms with Crippen LogP contribution in [0.5, 0.6) is 0 Å². The van der Waals surface area contributed by atoms with Crippen molar-refractivity contribution >= 4 is 6.16 Å². The summed E-state index contributed by atoms with van der Waals surface area (Å²) in [5.41, 5.74) is 0. The molecule has 0 saturated heterocycles. The van der Waals surface area contributed by atoms with Gasteiger partial charge in [0.2, 0.25) is 0 Å². The number of ether oxygens (including phenoxy) is 2. The topological polar surface area (TPSA) is 55.8 Å². The van der Waals surface area contributed by atoms with Gasteiger partial charge in [0.25, 0.3) is 0 Å². The van der Waals surface area contributed by atoms with Crippen LogP contribution in [0, 0.1) is 0 Å². The highest BCUT2D eigenvalue weighted by Gasteiger charge is 2.83. The van der Waals surface area contributed by atoms with Gasteiger partial charge in [0.05, 0.1) is 0 Å². The molecule has 0 amide bonds. The number of halogens is 13. The Morgan fingerprint density at radius 2 is 0.958 bits per heavy atom. The molecule has 0 fully saturated rings. The summed E-state index contributed by atoms with van der Waals surface area (Å²) in [5.74, 6) is -14.9. The molecular formula is C7HF13O4. The molecule has 0 aromatic heterocycles. The molecule has 144 valence electrons. The number of carboxylic acid groups (broad SMARTS) is 1. The molecule has 24 heavy (non-hydrogen) atoms. The first-order chi connectivity index (χ1) is 10.1. The molecular weight excluding hydrogens is 395 g/mol. The highest BCUT2D eigenvalue weighted by atomic mass is 19.4. The lowest BCUT2D eigenvalue weighted by Crippen LogP contribution is -2.63. The fourth-order valence-corrected chi connectivity index (χ4v) is 0.797. The van der Waals surface area contributed by atoms with E-state index in [1.54, 1.807) is 0 Å². The Morgan fingerprint density at radius 1 is 0.625 bits per heavy atom. The van der Waals surface area contributed by atoms with Crippen molar-refractivity contribution in [2.24, 2.45) is 0 Å². The van der Waals surface area contributed by atoms with Crippen molar-refractivity contribution in [3.05, 3.63) is 0 Å². The number of alkyl halides is 13. The molecule has 0 saturated carbocycles. The smallest absolute Gasteiger partial charge is 0.450 e. The third-order valence-corrected chi connectivity index (χ3v) is 1.92. The van der Waals surface area contributed by atoms with Gasteiger partial charge in [-0.3, -0.25) is 0 Å². The zero-order chi connectivity index (χ0) is 20.0. The SMILES string of the molecule is O=C(O)OC(F)(F)C(F)(F)C(F)(F)OC(F)(F)C(F)(F)C(F)(F)F. The lowest BCUT2D eigenvalue weighted by atomic mass is 10.2. The van der Waals surface area contributed by atoms with E-state index in [4.69, 9.17) is 5.11 Å². The first-order valence-electron chi connectivity index (χ1n) is 4.70. The third-order valence-electron chi connectivity index (χ3n) is 1.92. The molecule has 4 nitrogen and oxygen atoms in total. The Balaban J connectivity index is 5.80. The fraction of sp³-hybridized carbons (Fsp3) is 0.857. The van der Waals surface area contributed by atoms with Gasteiger partial charge < -0.3 is 9.84 Å². The Kier molecular flexibility index (Phi) is 5.30. The van der Waals surface area contributed by atoms with Gasteiger partial charge in [-0.15, -0.1) is 0 Å². The van der Waals surface area contributed by atoms with Crippen molar-refractivity contribution in [3.63, 3.8) is 0 Å². The summed E-state index contributed by atoms with van der Waals surface area (Å²) in [6.45, 7) is 0. The second kappa shape index (κ2) is 5.69. The molecule has 0 aromatic carbocycles. The van der Waals surface area contributed by atoms with Crippen LogP contribution in [0.3, 0.4) is 0 Å². The summed E-state index contributed by atoms with van der Waals surface area (Å²) < 4.78 is 163. The molecule has 0 atom stereocenters. The average molecular weight is 396 g/mol. The van der Waals surface area contributed by atoms with Crippen LogP contribution < -0.4 is 0 Å². The largest absolute Gasteiger partial charge is 0.510 e. The minimum absolute atomic E-state index is 1.31. The zero-order valence-corrected chi connectivity index (χ0v) is 10.1. The van der Waals surface area contributed by atoms with E-state index in [0.717, 1.165) is 0 Å². The molecule has 0 bridgehead atoms. The maximum Gasteiger partial charge on any atom is 0.510 e. The summed E-state index contributed by atoms with van der Waals surface area (Å²) in [4.78, 5) is 9.63. The molecule has 0 spiro atoms. The van der Waals surface area contributed by atoms with Gasteiger partial charge in [-0.05, 0) is 0 Å². The fourth-order valence-electron chi connectivity index (χ4n) is 0.797. The normalized spacial score (nSPS) is 15.4. The second-order valence-electron chi connectivity index (χ2n) is 3.67. The highest BCUT2D eigenvalue weighted by Crippen LogP contribution is 2.53. The minimum Gasteiger partial charge on any atom is -0.450 e. The molecule has 0 radical (unpaired) electrons. The van der Waals surface area contributed by atoms with Gasteiger partial charge in [-0.2, -0.15) is 57.1 Å². The number of hydrogen-bond acceptors (Lipinski definition) is 3. The van der Waals surface area contributed by atoms with Crippen LogP contribution in [0.25, 0.3) is 0 Å². The number of hydrogen-bond donors (Lipinski definition) is 1. The highest BCUT2D eigenvalue weighted by molar-refractivity contribution is 5.57. The van der Waals surface area contributed by atoms with Crippen molar-refractivity contribution < 1.29 is 76.5 Å². The molecule has 17 heteroatoms. The predicted molar refractivity (Wildman–Crippen MR) is 41.0 cm³/mol. The molecule has 0 aliphatic rings. The van der Waals surface area contributed by atoms with Gasteiger partial charge in [-0.25, -0.2) is 9.53 Å². The lowest BCUT2D eigenvalue weighted by Gasteiger charge is -2.34. The maximum atomic E-state index is 12.7. The summed E-state index contributed by atoms with van der Waals surface area (Å²) in [6, 6.07) is 0. The van der Waals surface area contributed by atoms with Crippen molar-refractivity contribution in [1.82, 2.24) is 0 Å². The van der Waals surface area contributed by atoms with E-state index in [0.29, 0.717) is 0 Å². The van der Waals surface area contributed by atoms with Crippen LogP contribution in [0.1, 0.15) is 0 Å². The quantitative estimate of drug-likeness (QED) is 0.537. The van der Waals surface area contributed by atoms with Crippen LogP contribution in [-0.2, 0) is 9.47 Å². The standard InChI is InChI=1S/C7HF13O4/c8-2(9,4(12,13)14)6(17,18)24-7(19,20)3(10,11)5(15,16)23-1(21)22/h(H,21,22). The van der Waals surface area contributed by atoms with Crippen molar-refractivity contribution in [2.45, 2.75) is 36.3 Å². The molecule has 1 N–H and O–H groups in total. The zero-order valence-electron chi connectivity index (χ0n) is 10.1. The third kappa shape index (κ3) is 3.69. The Bertz CT molecular complexity index is 481. The molecule has 0 aromatic rings. The summed E-state index contributed by atoms with van der Waals surface area (Å²) >= 11 is 0. The first kappa shape index (κ1) is 22.3. The molecule has 0 rings (SSSR count).